The molecule has 4 rings (SSSR count). The second kappa shape index (κ2) is 8.63. The highest BCUT2D eigenvalue weighted by Crippen LogP contribution is 2.30. The van der Waals surface area contributed by atoms with Crippen molar-refractivity contribution in [2.75, 3.05) is 5.01 Å². The lowest BCUT2D eigenvalue weighted by Crippen LogP contribution is -2.21. The molecule has 0 unspecified atom stereocenters. The van der Waals surface area contributed by atoms with Crippen LogP contribution in [0.3, 0.4) is 0 Å². The molecule has 3 aromatic carbocycles. The van der Waals surface area contributed by atoms with Crippen molar-refractivity contribution >= 4 is 39.3 Å². The van der Waals surface area contributed by atoms with Crippen LogP contribution < -0.4 is 9.75 Å². The minimum absolute atomic E-state index is 0.192. The first-order chi connectivity index (χ1) is 14.5. The molecule has 0 aromatic heterocycles. The molecule has 30 heavy (non-hydrogen) atoms. The first-order valence-electron chi connectivity index (χ1n) is 9.35. The average Bonchev–Trinajstić information content (AvgIpc) is 3.03. The third kappa shape index (κ3) is 4.33. The van der Waals surface area contributed by atoms with Crippen molar-refractivity contribution in [3.05, 3.63) is 99.8 Å². The van der Waals surface area contributed by atoms with Gasteiger partial charge in [0, 0.05) is 10.0 Å². The summed E-state index contributed by atoms with van der Waals surface area (Å²) >= 11 is 3.48. The van der Waals surface area contributed by atoms with Gasteiger partial charge in [0.1, 0.15) is 18.2 Å². The molecule has 0 bridgehead atoms. The second-order valence-electron chi connectivity index (χ2n) is 6.79. The molecule has 0 atom stereocenters. The topological polar surface area (TPSA) is 41.9 Å². The lowest BCUT2D eigenvalue weighted by molar-refractivity contribution is -0.114. The van der Waals surface area contributed by atoms with Crippen molar-refractivity contribution < 1.29 is 13.9 Å². The molecule has 1 aliphatic heterocycles. The quantitative estimate of drug-likeness (QED) is 0.436. The van der Waals surface area contributed by atoms with E-state index in [9.17, 15) is 9.18 Å². The number of hydrogen-bond donors (Lipinski definition) is 0. The summed E-state index contributed by atoms with van der Waals surface area (Å²) in [5, 5.41) is 5.82. The SMILES string of the molecule is CC1=NN(c2ccccc2)C(=O)C1=Cc1cc(Br)ccc1OCc1ccc(F)cc1. The van der Waals surface area contributed by atoms with Crippen LogP contribution in [0.15, 0.2) is 87.9 Å². The Kier molecular flexibility index (Phi) is 5.77. The van der Waals surface area contributed by atoms with Gasteiger partial charge in [-0.3, -0.25) is 4.79 Å². The molecule has 0 aliphatic carbocycles. The fourth-order valence-electron chi connectivity index (χ4n) is 3.09. The molecular weight excluding hydrogens is 447 g/mol. The molecule has 1 amide bonds. The van der Waals surface area contributed by atoms with Gasteiger partial charge in [0.05, 0.1) is 17.0 Å². The van der Waals surface area contributed by atoms with Crippen molar-refractivity contribution in [2.45, 2.75) is 13.5 Å². The first kappa shape index (κ1) is 20.0. The zero-order valence-corrected chi connectivity index (χ0v) is 17.8. The number of hydrogen-bond acceptors (Lipinski definition) is 3. The Hall–Kier alpha value is -3.25. The Morgan fingerprint density at radius 3 is 2.53 bits per heavy atom. The number of nitrogens with zero attached hydrogens (tertiary/aromatic N) is 2. The number of carbonyl (C=O) groups excluding carboxylic acids is 1. The smallest absolute Gasteiger partial charge is 0.280 e. The summed E-state index contributed by atoms with van der Waals surface area (Å²) in [6.45, 7) is 2.10. The summed E-state index contributed by atoms with van der Waals surface area (Å²) < 4.78 is 19.9. The molecule has 0 saturated carbocycles. The van der Waals surface area contributed by atoms with Crippen LogP contribution in [0.1, 0.15) is 18.1 Å². The maximum Gasteiger partial charge on any atom is 0.280 e. The van der Waals surface area contributed by atoms with E-state index in [1.807, 2.05) is 55.5 Å². The molecule has 0 fully saturated rings. The van der Waals surface area contributed by atoms with E-state index in [0.29, 0.717) is 22.7 Å². The van der Waals surface area contributed by atoms with Gasteiger partial charge in [-0.15, -0.1) is 0 Å². The highest BCUT2D eigenvalue weighted by molar-refractivity contribution is 9.10. The Morgan fingerprint density at radius 2 is 1.80 bits per heavy atom. The largest absolute Gasteiger partial charge is 0.488 e. The van der Waals surface area contributed by atoms with E-state index in [-0.39, 0.29) is 18.3 Å². The normalized spacial score (nSPS) is 14.9. The molecule has 4 nitrogen and oxygen atoms in total. The van der Waals surface area contributed by atoms with E-state index in [4.69, 9.17) is 4.74 Å². The van der Waals surface area contributed by atoms with Crippen molar-refractivity contribution in [1.29, 1.82) is 0 Å². The van der Waals surface area contributed by atoms with Crippen LogP contribution in [-0.4, -0.2) is 11.6 Å². The van der Waals surface area contributed by atoms with E-state index in [0.717, 1.165) is 15.6 Å². The number of rotatable bonds is 5. The monoisotopic (exact) mass is 464 g/mol. The summed E-state index contributed by atoms with van der Waals surface area (Å²) in [6.07, 6.45) is 1.79. The second-order valence-corrected chi connectivity index (χ2v) is 7.71. The average molecular weight is 465 g/mol. The van der Waals surface area contributed by atoms with Crippen molar-refractivity contribution in [1.82, 2.24) is 0 Å². The summed E-state index contributed by atoms with van der Waals surface area (Å²) in [7, 11) is 0. The van der Waals surface area contributed by atoms with Gasteiger partial charge in [0.15, 0.2) is 0 Å². The lowest BCUT2D eigenvalue weighted by atomic mass is 10.1. The zero-order chi connectivity index (χ0) is 21.1. The van der Waals surface area contributed by atoms with E-state index in [1.54, 1.807) is 18.2 Å². The summed E-state index contributed by atoms with van der Waals surface area (Å²) in [6, 6.07) is 21.1. The van der Waals surface area contributed by atoms with Gasteiger partial charge in [0.2, 0.25) is 0 Å². The van der Waals surface area contributed by atoms with Gasteiger partial charge >= 0.3 is 0 Å². The number of amides is 1. The molecular formula is C24H18BrFN2O2. The van der Waals surface area contributed by atoms with Gasteiger partial charge in [-0.1, -0.05) is 46.3 Å². The van der Waals surface area contributed by atoms with E-state index < -0.39 is 0 Å². The van der Waals surface area contributed by atoms with Crippen LogP contribution >= 0.6 is 15.9 Å². The maximum atomic E-state index is 13.1. The van der Waals surface area contributed by atoms with Gasteiger partial charge < -0.3 is 4.74 Å². The molecule has 1 aliphatic rings. The molecule has 3 aromatic rings. The minimum atomic E-state index is -0.287. The fourth-order valence-corrected chi connectivity index (χ4v) is 3.47. The first-order valence-corrected chi connectivity index (χ1v) is 10.1. The maximum absolute atomic E-state index is 13.1. The Bertz CT molecular complexity index is 1140. The van der Waals surface area contributed by atoms with E-state index >= 15 is 0 Å². The molecule has 1 heterocycles. The van der Waals surface area contributed by atoms with Crippen LogP contribution in [0.2, 0.25) is 0 Å². The Balaban J connectivity index is 1.61. The number of benzene rings is 3. The predicted octanol–water partition coefficient (Wildman–Crippen LogP) is 5.97. The van der Waals surface area contributed by atoms with Crippen molar-refractivity contribution in [2.24, 2.45) is 5.10 Å². The molecule has 0 N–H and O–H groups in total. The number of anilines is 1. The van der Waals surface area contributed by atoms with Crippen molar-refractivity contribution in [3.63, 3.8) is 0 Å². The summed E-state index contributed by atoms with van der Waals surface area (Å²) in [5.41, 5.74) is 3.45. The number of halogens is 2. The zero-order valence-electron chi connectivity index (χ0n) is 16.2. The molecule has 0 spiro atoms. The molecule has 150 valence electrons. The number of carbonyl (C=O) groups is 1. The molecule has 0 radical (unpaired) electrons. The van der Waals surface area contributed by atoms with Gasteiger partial charge in [-0.2, -0.15) is 10.1 Å². The summed E-state index contributed by atoms with van der Waals surface area (Å²) in [4.78, 5) is 13.0. The third-order valence-electron chi connectivity index (χ3n) is 4.64. The van der Waals surface area contributed by atoms with E-state index in [1.165, 1.54) is 17.1 Å². The third-order valence-corrected chi connectivity index (χ3v) is 5.14. The van der Waals surface area contributed by atoms with Crippen LogP contribution in [0.5, 0.6) is 5.75 Å². The lowest BCUT2D eigenvalue weighted by Gasteiger charge is -2.12. The Labute approximate surface area is 182 Å². The predicted molar refractivity (Wildman–Crippen MR) is 120 cm³/mol. The van der Waals surface area contributed by atoms with Crippen LogP contribution in [0.25, 0.3) is 6.08 Å². The van der Waals surface area contributed by atoms with Crippen LogP contribution in [0.4, 0.5) is 10.1 Å². The highest BCUT2D eigenvalue weighted by atomic mass is 79.9. The number of hydrazone groups is 1. The molecule has 6 heteroatoms. The number of ether oxygens (including phenoxy) is 1. The highest BCUT2D eigenvalue weighted by Gasteiger charge is 2.28. The Morgan fingerprint density at radius 1 is 1.07 bits per heavy atom. The van der Waals surface area contributed by atoms with Gasteiger partial charge in [-0.25, -0.2) is 4.39 Å². The fraction of sp³-hybridized carbons (Fsp3) is 0.0833. The standard InChI is InChI=1S/C24H18BrFN2O2/c1-16-22(24(29)28(27-16)21-5-3-2-4-6-21)14-18-13-19(25)9-12-23(18)30-15-17-7-10-20(26)11-8-17/h2-14H,15H2,1H3. The molecule has 0 saturated heterocycles. The van der Waals surface area contributed by atoms with Crippen LogP contribution in [0, 0.1) is 5.82 Å². The van der Waals surface area contributed by atoms with Gasteiger partial charge in [-0.05, 0) is 61.0 Å². The van der Waals surface area contributed by atoms with Crippen molar-refractivity contribution in [3.8, 4) is 5.75 Å². The van der Waals surface area contributed by atoms with Crippen LogP contribution in [-0.2, 0) is 11.4 Å². The summed E-state index contributed by atoms with van der Waals surface area (Å²) in [5.74, 6) is 0.141. The van der Waals surface area contributed by atoms with E-state index in [2.05, 4.69) is 21.0 Å². The minimum Gasteiger partial charge on any atom is -0.488 e. The van der Waals surface area contributed by atoms with Gasteiger partial charge in [0.25, 0.3) is 5.91 Å². The number of para-hydroxylation sites is 1.